The van der Waals surface area contributed by atoms with Crippen LogP contribution in [0.5, 0.6) is 0 Å². The molecule has 3 rings (SSSR count). The lowest BCUT2D eigenvalue weighted by atomic mass is 10.2. The lowest BCUT2D eigenvalue weighted by molar-refractivity contribution is 0.0300. The van der Waals surface area contributed by atoms with Gasteiger partial charge in [0.15, 0.2) is 6.10 Å². The molecule has 120 valence electrons. The molecule has 1 atom stereocenters. The van der Waals surface area contributed by atoms with Crippen LogP contribution >= 0.6 is 0 Å². The van der Waals surface area contributed by atoms with Crippen molar-refractivity contribution >= 4 is 12.1 Å². The number of rotatable bonds is 4. The average Bonchev–Trinajstić information content (AvgIpc) is 3.11. The fourth-order valence-electron chi connectivity index (χ4n) is 2.60. The lowest BCUT2D eigenvalue weighted by Gasteiger charge is -2.11. The summed E-state index contributed by atoms with van der Waals surface area (Å²) in [6, 6.07) is 11.3. The Kier molecular flexibility index (Phi) is 4.06. The molecule has 1 saturated heterocycles. The first-order valence-electron chi connectivity index (χ1n) is 7.41. The molecule has 1 unspecified atom stereocenters. The molecule has 0 spiro atoms. The summed E-state index contributed by atoms with van der Waals surface area (Å²) in [6.07, 6.45) is -0.899. The smallest absolute Gasteiger partial charge is 0.407 e. The van der Waals surface area contributed by atoms with E-state index in [0.717, 1.165) is 17.1 Å². The Morgan fingerprint density at radius 2 is 1.87 bits per heavy atom. The van der Waals surface area contributed by atoms with E-state index in [0.29, 0.717) is 12.1 Å². The summed E-state index contributed by atoms with van der Waals surface area (Å²) >= 11 is 0. The zero-order chi connectivity index (χ0) is 16.4. The maximum Gasteiger partial charge on any atom is 0.407 e. The summed E-state index contributed by atoms with van der Waals surface area (Å²) in [5.74, 6) is -0.430. The molecule has 1 N–H and O–H groups in total. The number of aromatic nitrogens is 1. The van der Waals surface area contributed by atoms with Crippen LogP contribution in [0.15, 0.2) is 36.4 Å². The van der Waals surface area contributed by atoms with Crippen molar-refractivity contribution in [2.45, 2.75) is 20.0 Å². The fourth-order valence-corrected chi connectivity index (χ4v) is 2.60. The van der Waals surface area contributed by atoms with Gasteiger partial charge in [-0.05, 0) is 50.2 Å². The van der Waals surface area contributed by atoms with Gasteiger partial charge in [0.25, 0.3) is 0 Å². The van der Waals surface area contributed by atoms with Crippen molar-refractivity contribution < 1.29 is 19.1 Å². The molecular formula is C17H18N2O4. The number of hydrogen-bond donors (Lipinski definition) is 1. The standard InChI is InChI=1S/C17H18N2O4/c1-11-3-4-12(2)19(11)14-7-5-13(6-8-14)16(20)22-10-15-9-18-17(21)23-15/h3-8,15H,9-10H2,1-2H3,(H,18,21). The SMILES string of the molecule is Cc1ccc(C)n1-c1ccc(C(=O)OCC2CNC(=O)O2)cc1. The number of aryl methyl sites for hydroxylation is 2. The van der Waals surface area contributed by atoms with Gasteiger partial charge >= 0.3 is 12.1 Å². The molecule has 2 aromatic rings. The highest BCUT2D eigenvalue weighted by Gasteiger charge is 2.24. The summed E-state index contributed by atoms with van der Waals surface area (Å²) in [4.78, 5) is 22.9. The number of hydrogen-bond acceptors (Lipinski definition) is 4. The maximum absolute atomic E-state index is 12.0. The van der Waals surface area contributed by atoms with Crippen molar-refractivity contribution in [2.24, 2.45) is 0 Å². The number of alkyl carbamates (subject to hydrolysis) is 1. The van der Waals surface area contributed by atoms with Gasteiger partial charge in [-0.25, -0.2) is 9.59 Å². The van der Waals surface area contributed by atoms with Crippen molar-refractivity contribution in [2.75, 3.05) is 13.2 Å². The van der Waals surface area contributed by atoms with E-state index < -0.39 is 18.2 Å². The van der Waals surface area contributed by atoms with E-state index in [1.807, 2.05) is 26.0 Å². The highest BCUT2D eigenvalue weighted by Crippen LogP contribution is 2.17. The van der Waals surface area contributed by atoms with E-state index in [1.54, 1.807) is 12.1 Å². The molecule has 23 heavy (non-hydrogen) atoms. The number of carbonyl (C=O) groups is 2. The van der Waals surface area contributed by atoms with Crippen molar-refractivity contribution in [3.63, 3.8) is 0 Å². The summed E-state index contributed by atoms with van der Waals surface area (Å²) in [7, 11) is 0. The zero-order valence-electron chi connectivity index (χ0n) is 13.0. The first-order chi connectivity index (χ1) is 11.0. The number of nitrogens with one attached hydrogen (secondary N) is 1. The number of amides is 1. The fraction of sp³-hybridized carbons (Fsp3) is 0.294. The van der Waals surface area contributed by atoms with Gasteiger partial charge in [-0.15, -0.1) is 0 Å². The molecule has 1 aromatic heterocycles. The van der Waals surface area contributed by atoms with Gasteiger partial charge < -0.3 is 19.4 Å². The van der Waals surface area contributed by atoms with E-state index in [9.17, 15) is 9.59 Å². The Bertz CT molecular complexity index is 714. The predicted octanol–water partition coefficient (Wildman–Crippen LogP) is 2.36. The molecule has 1 aromatic carbocycles. The highest BCUT2D eigenvalue weighted by molar-refractivity contribution is 5.89. The third-order valence-electron chi connectivity index (χ3n) is 3.78. The number of nitrogens with zero attached hydrogens (tertiary/aromatic N) is 1. The van der Waals surface area contributed by atoms with Crippen molar-refractivity contribution in [1.29, 1.82) is 0 Å². The van der Waals surface area contributed by atoms with Crippen LogP contribution in [-0.4, -0.2) is 35.9 Å². The maximum atomic E-state index is 12.0. The van der Waals surface area contributed by atoms with Crippen LogP contribution in [0.1, 0.15) is 21.7 Å². The van der Waals surface area contributed by atoms with Crippen molar-refractivity contribution in [3.05, 3.63) is 53.3 Å². The molecule has 0 saturated carbocycles. The second-order valence-corrected chi connectivity index (χ2v) is 5.51. The van der Waals surface area contributed by atoms with E-state index >= 15 is 0 Å². The third kappa shape index (κ3) is 3.21. The Hall–Kier alpha value is -2.76. The van der Waals surface area contributed by atoms with E-state index in [-0.39, 0.29) is 6.61 Å². The minimum Gasteiger partial charge on any atom is -0.458 e. The molecule has 0 bridgehead atoms. The molecular weight excluding hydrogens is 296 g/mol. The number of carbonyl (C=O) groups excluding carboxylic acids is 2. The number of cyclic esters (lactones) is 1. The van der Waals surface area contributed by atoms with Crippen LogP contribution in [0.4, 0.5) is 4.79 Å². The summed E-state index contributed by atoms with van der Waals surface area (Å²) in [5.41, 5.74) is 3.73. The Labute approximate surface area is 134 Å². The molecule has 0 aliphatic carbocycles. The van der Waals surface area contributed by atoms with Gasteiger partial charge in [0.05, 0.1) is 12.1 Å². The van der Waals surface area contributed by atoms with E-state index in [4.69, 9.17) is 9.47 Å². The second-order valence-electron chi connectivity index (χ2n) is 5.51. The first-order valence-corrected chi connectivity index (χ1v) is 7.41. The number of esters is 1. The Balaban J connectivity index is 1.65. The van der Waals surface area contributed by atoms with Gasteiger partial charge in [0.1, 0.15) is 6.61 Å². The van der Waals surface area contributed by atoms with Crippen molar-refractivity contribution in [3.8, 4) is 5.69 Å². The Morgan fingerprint density at radius 1 is 1.22 bits per heavy atom. The van der Waals surface area contributed by atoms with Gasteiger partial charge in [0, 0.05) is 17.1 Å². The van der Waals surface area contributed by atoms with E-state index in [2.05, 4.69) is 22.0 Å². The van der Waals surface area contributed by atoms with Gasteiger partial charge in [0.2, 0.25) is 0 Å². The molecule has 1 aliphatic heterocycles. The molecule has 1 amide bonds. The molecule has 6 heteroatoms. The minimum absolute atomic E-state index is 0.0507. The van der Waals surface area contributed by atoms with Crippen LogP contribution in [0, 0.1) is 13.8 Å². The second kappa shape index (κ2) is 6.16. The zero-order valence-corrected chi connectivity index (χ0v) is 13.0. The molecule has 0 radical (unpaired) electrons. The minimum atomic E-state index is -0.479. The number of ether oxygens (including phenoxy) is 2. The monoisotopic (exact) mass is 314 g/mol. The van der Waals surface area contributed by atoms with Crippen LogP contribution in [-0.2, 0) is 9.47 Å². The predicted molar refractivity (Wildman–Crippen MR) is 83.8 cm³/mol. The molecule has 1 aliphatic rings. The average molecular weight is 314 g/mol. The van der Waals surface area contributed by atoms with Crippen LogP contribution in [0.3, 0.4) is 0 Å². The number of benzene rings is 1. The molecule has 2 heterocycles. The summed E-state index contributed by atoms with van der Waals surface area (Å²) in [6.45, 7) is 4.48. The normalized spacial score (nSPS) is 16.8. The van der Waals surface area contributed by atoms with Crippen LogP contribution < -0.4 is 5.32 Å². The quantitative estimate of drug-likeness (QED) is 0.880. The molecule has 1 fully saturated rings. The van der Waals surface area contributed by atoms with Crippen LogP contribution in [0.25, 0.3) is 5.69 Å². The largest absolute Gasteiger partial charge is 0.458 e. The summed E-state index contributed by atoms with van der Waals surface area (Å²) in [5, 5.41) is 2.51. The topological polar surface area (TPSA) is 69.6 Å². The molecule has 6 nitrogen and oxygen atoms in total. The summed E-state index contributed by atoms with van der Waals surface area (Å²) < 4.78 is 12.2. The first kappa shape index (κ1) is 15.1. The lowest BCUT2D eigenvalue weighted by Crippen LogP contribution is -2.22. The van der Waals surface area contributed by atoms with Crippen molar-refractivity contribution in [1.82, 2.24) is 9.88 Å². The van der Waals surface area contributed by atoms with Gasteiger partial charge in [-0.1, -0.05) is 0 Å². The third-order valence-corrected chi connectivity index (χ3v) is 3.78. The van der Waals surface area contributed by atoms with Gasteiger partial charge in [-0.3, -0.25) is 0 Å². The van der Waals surface area contributed by atoms with E-state index in [1.165, 1.54) is 0 Å². The Morgan fingerprint density at radius 3 is 2.43 bits per heavy atom. The highest BCUT2D eigenvalue weighted by atomic mass is 16.6. The van der Waals surface area contributed by atoms with Gasteiger partial charge in [-0.2, -0.15) is 0 Å². The van der Waals surface area contributed by atoms with Crippen LogP contribution in [0.2, 0.25) is 0 Å².